The zero-order chi connectivity index (χ0) is 13.8. The molecule has 0 aliphatic carbocycles. The molecule has 0 aromatic heterocycles. The summed E-state index contributed by atoms with van der Waals surface area (Å²) in [5, 5.41) is 0.547. The number of hydrogen-bond acceptors (Lipinski definition) is 1. The van der Waals surface area contributed by atoms with Crippen molar-refractivity contribution in [2.75, 3.05) is 0 Å². The van der Waals surface area contributed by atoms with E-state index in [1.165, 1.54) is 24.3 Å². The SMILES string of the molecule is Fc1ccc(OCc2ccc(F)c(Cl)c2)c(CBr)c1. The molecule has 2 aromatic rings. The van der Waals surface area contributed by atoms with Crippen LogP contribution in [-0.2, 0) is 11.9 Å². The van der Waals surface area contributed by atoms with Crippen LogP contribution in [0.2, 0.25) is 5.02 Å². The third kappa shape index (κ3) is 3.67. The Morgan fingerprint density at radius 1 is 1.11 bits per heavy atom. The molecular formula is C14H10BrClF2O. The lowest BCUT2D eigenvalue weighted by molar-refractivity contribution is 0.303. The summed E-state index contributed by atoms with van der Waals surface area (Å²) in [5.41, 5.74) is 1.46. The van der Waals surface area contributed by atoms with E-state index in [0.717, 1.165) is 5.56 Å². The number of halogens is 4. The maximum Gasteiger partial charge on any atom is 0.141 e. The Morgan fingerprint density at radius 3 is 2.58 bits per heavy atom. The number of hydrogen-bond donors (Lipinski definition) is 0. The first-order valence-electron chi connectivity index (χ1n) is 5.51. The average molecular weight is 348 g/mol. The quantitative estimate of drug-likeness (QED) is 0.700. The molecule has 0 saturated carbocycles. The molecule has 0 saturated heterocycles. The van der Waals surface area contributed by atoms with Gasteiger partial charge >= 0.3 is 0 Å². The second kappa shape index (κ2) is 6.35. The van der Waals surface area contributed by atoms with Gasteiger partial charge in [-0.1, -0.05) is 33.6 Å². The summed E-state index contributed by atoms with van der Waals surface area (Å²) in [6.07, 6.45) is 0. The molecule has 100 valence electrons. The number of benzene rings is 2. The summed E-state index contributed by atoms with van der Waals surface area (Å²) >= 11 is 8.96. The fraction of sp³-hybridized carbons (Fsp3) is 0.143. The van der Waals surface area contributed by atoms with Gasteiger partial charge in [0.15, 0.2) is 0 Å². The molecule has 0 aliphatic rings. The smallest absolute Gasteiger partial charge is 0.141 e. The van der Waals surface area contributed by atoms with Crippen molar-refractivity contribution in [2.45, 2.75) is 11.9 Å². The molecule has 0 amide bonds. The van der Waals surface area contributed by atoms with E-state index in [0.29, 0.717) is 16.6 Å². The van der Waals surface area contributed by atoms with Crippen LogP contribution in [0.25, 0.3) is 0 Å². The van der Waals surface area contributed by atoms with Crippen LogP contribution in [0.4, 0.5) is 8.78 Å². The standard InChI is InChI=1S/C14H10BrClF2O/c15-7-10-6-11(17)2-4-14(10)19-8-9-1-3-13(18)12(16)5-9/h1-6H,7-8H2. The largest absolute Gasteiger partial charge is 0.489 e. The first-order valence-corrected chi connectivity index (χ1v) is 7.01. The van der Waals surface area contributed by atoms with Gasteiger partial charge in [-0.05, 0) is 35.9 Å². The Hall–Kier alpha value is -1.13. The molecule has 0 fully saturated rings. The zero-order valence-electron chi connectivity index (χ0n) is 9.80. The van der Waals surface area contributed by atoms with E-state index in [1.54, 1.807) is 12.1 Å². The highest BCUT2D eigenvalue weighted by Gasteiger charge is 2.06. The second-order valence-electron chi connectivity index (χ2n) is 3.92. The molecule has 0 radical (unpaired) electrons. The van der Waals surface area contributed by atoms with Gasteiger partial charge in [-0.2, -0.15) is 0 Å². The van der Waals surface area contributed by atoms with E-state index in [2.05, 4.69) is 15.9 Å². The molecule has 0 bridgehead atoms. The van der Waals surface area contributed by atoms with Gasteiger partial charge in [0.2, 0.25) is 0 Å². The average Bonchev–Trinajstić information content (AvgIpc) is 2.41. The van der Waals surface area contributed by atoms with Crippen molar-refractivity contribution >= 4 is 27.5 Å². The molecule has 0 N–H and O–H groups in total. The van der Waals surface area contributed by atoms with E-state index >= 15 is 0 Å². The first kappa shape index (κ1) is 14.3. The molecule has 0 atom stereocenters. The fourth-order valence-electron chi connectivity index (χ4n) is 1.58. The Labute approximate surface area is 123 Å². The topological polar surface area (TPSA) is 9.23 Å². The highest BCUT2D eigenvalue weighted by molar-refractivity contribution is 9.08. The third-order valence-electron chi connectivity index (χ3n) is 2.54. The summed E-state index contributed by atoms with van der Waals surface area (Å²) in [6, 6.07) is 8.70. The van der Waals surface area contributed by atoms with E-state index in [-0.39, 0.29) is 17.4 Å². The van der Waals surface area contributed by atoms with Gasteiger partial charge in [0.1, 0.15) is 24.0 Å². The predicted molar refractivity (Wildman–Crippen MR) is 74.8 cm³/mol. The van der Waals surface area contributed by atoms with Gasteiger partial charge in [0, 0.05) is 10.9 Å². The number of alkyl halides is 1. The highest BCUT2D eigenvalue weighted by Crippen LogP contribution is 2.24. The minimum Gasteiger partial charge on any atom is -0.489 e. The molecule has 2 rings (SSSR count). The zero-order valence-corrected chi connectivity index (χ0v) is 12.1. The van der Waals surface area contributed by atoms with E-state index < -0.39 is 5.82 Å². The lowest BCUT2D eigenvalue weighted by Crippen LogP contribution is -1.98. The number of rotatable bonds is 4. The molecule has 0 aliphatic heterocycles. The normalized spacial score (nSPS) is 10.5. The van der Waals surface area contributed by atoms with E-state index in [9.17, 15) is 8.78 Å². The molecule has 1 nitrogen and oxygen atoms in total. The van der Waals surface area contributed by atoms with Crippen LogP contribution in [0.1, 0.15) is 11.1 Å². The Bertz CT molecular complexity index is 590. The van der Waals surface area contributed by atoms with Gasteiger partial charge in [-0.25, -0.2) is 8.78 Å². The van der Waals surface area contributed by atoms with Crippen LogP contribution in [-0.4, -0.2) is 0 Å². The summed E-state index contributed by atoms with van der Waals surface area (Å²) in [5.74, 6) is -0.196. The monoisotopic (exact) mass is 346 g/mol. The molecule has 5 heteroatoms. The molecule has 0 heterocycles. The van der Waals surface area contributed by atoms with Crippen LogP contribution < -0.4 is 4.74 Å². The van der Waals surface area contributed by atoms with Crippen molar-refractivity contribution in [3.05, 3.63) is 64.2 Å². The summed E-state index contributed by atoms with van der Waals surface area (Å²) in [7, 11) is 0. The second-order valence-corrected chi connectivity index (χ2v) is 4.89. The van der Waals surface area contributed by atoms with Gasteiger partial charge in [0.25, 0.3) is 0 Å². The molecular weight excluding hydrogens is 338 g/mol. The lowest BCUT2D eigenvalue weighted by atomic mass is 10.2. The maximum absolute atomic E-state index is 13.1. The van der Waals surface area contributed by atoms with E-state index in [4.69, 9.17) is 16.3 Å². The predicted octanol–water partition coefficient (Wildman–Crippen LogP) is 5.09. The first-order chi connectivity index (χ1) is 9.10. The van der Waals surface area contributed by atoms with Crippen LogP contribution in [0.5, 0.6) is 5.75 Å². The lowest BCUT2D eigenvalue weighted by Gasteiger charge is -2.10. The van der Waals surface area contributed by atoms with Crippen LogP contribution in [0.15, 0.2) is 36.4 Å². The van der Waals surface area contributed by atoms with Crippen molar-refractivity contribution in [2.24, 2.45) is 0 Å². The Balaban J connectivity index is 2.12. The van der Waals surface area contributed by atoms with Crippen LogP contribution in [0, 0.1) is 11.6 Å². The van der Waals surface area contributed by atoms with Gasteiger partial charge in [-0.3, -0.25) is 0 Å². The summed E-state index contributed by atoms with van der Waals surface area (Å²) in [6.45, 7) is 0.242. The van der Waals surface area contributed by atoms with E-state index in [1.807, 2.05) is 0 Å². The van der Waals surface area contributed by atoms with Gasteiger partial charge in [-0.15, -0.1) is 0 Å². The third-order valence-corrected chi connectivity index (χ3v) is 3.44. The fourth-order valence-corrected chi connectivity index (χ4v) is 2.23. The van der Waals surface area contributed by atoms with Gasteiger partial charge in [0.05, 0.1) is 5.02 Å². The van der Waals surface area contributed by atoms with Crippen molar-refractivity contribution < 1.29 is 13.5 Å². The summed E-state index contributed by atoms with van der Waals surface area (Å²) < 4.78 is 31.6. The van der Waals surface area contributed by atoms with Crippen molar-refractivity contribution in [3.63, 3.8) is 0 Å². The minimum absolute atomic E-state index is 0.0564. The molecule has 19 heavy (non-hydrogen) atoms. The number of ether oxygens (including phenoxy) is 1. The van der Waals surface area contributed by atoms with Crippen molar-refractivity contribution in [1.29, 1.82) is 0 Å². The van der Waals surface area contributed by atoms with Gasteiger partial charge < -0.3 is 4.74 Å². The molecule has 2 aromatic carbocycles. The summed E-state index contributed by atoms with van der Waals surface area (Å²) in [4.78, 5) is 0. The molecule has 0 unspecified atom stereocenters. The van der Waals surface area contributed by atoms with Crippen LogP contribution in [0.3, 0.4) is 0 Å². The minimum atomic E-state index is -0.464. The Morgan fingerprint density at radius 2 is 1.89 bits per heavy atom. The Kier molecular flexibility index (Phi) is 4.77. The van der Waals surface area contributed by atoms with Crippen molar-refractivity contribution in [1.82, 2.24) is 0 Å². The highest BCUT2D eigenvalue weighted by atomic mass is 79.9. The maximum atomic E-state index is 13.1. The molecule has 0 spiro atoms. The van der Waals surface area contributed by atoms with Crippen LogP contribution >= 0.6 is 27.5 Å². The van der Waals surface area contributed by atoms with Crippen molar-refractivity contribution in [3.8, 4) is 5.75 Å².